The van der Waals surface area contributed by atoms with Gasteiger partial charge in [-0.1, -0.05) is 18.2 Å². The predicted molar refractivity (Wildman–Crippen MR) is 70.5 cm³/mol. The third kappa shape index (κ3) is 3.95. The zero-order valence-electron chi connectivity index (χ0n) is 11.6. The second-order valence-corrected chi connectivity index (χ2v) is 4.86. The summed E-state index contributed by atoms with van der Waals surface area (Å²) in [6.07, 6.45) is -5.01. The number of alkyl halides is 3. The lowest BCUT2D eigenvalue weighted by Gasteiger charge is -2.32. The van der Waals surface area contributed by atoms with E-state index >= 15 is 0 Å². The highest BCUT2D eigenvalue weighted by atomic mass is 19.4. The minimum atomic E-state index is -4.37. The molecule has 0 radical (unpaired) electrons. The van der Waals surface area contributed by atoms with Crippen LogP contribution in [0.3, 0.4) is 0 Å². The van der Waals surface area contributed by atoms with Crippen LogP contribution in [0.1, 0.15) is 11.1 Å². The molecule has 2 rings (SSSR count). The van der Waals surface area contributed by atoms with E-state index in [1.807, 2.05) is 0 Å². The van der Waals surface area contributed by atoms with Gasteiger partial charge in [0.05, 0.1) is 12.2 Å². The van der Waals surface area contributed by atoms with Crippen LogP contribution < -0.4 is 5.32 Å². The van der Waals surface area contributed by atoms with E-state index in [0.717, 1.165) is 6.07 Å². The molecule has 1 heterocycles. The van der Waals surface area contributed by atoms with Gasteiger partial charge in [-0.3, -0.25) is 9.69 Å². The van der Waals surface area contributed by atoms with Gasteiger partial charge in [-0.15, -0.1) is 0 Å². The molecule has 1 atom stereocenters. The molecule has 7 heteroatoms. The number of hydrogen-bond acceptors (Lipinski definition) is 3. The quantitative estimate of drug-likeness (QED) is 0.923. The van der Waals surface area contributed by atoms with Crippen LogP contribution in [0.15, 0.2) is 24.3 Å². The summed E-state index contributed by atoms with van der Waals surface area (Å²) in [5, 5.41) is 2.48. The molecule has 1 N–H and O–H groups in total. The number of nitrogens with zero attached hydrogens (tertiary/aromatic N) is 1. The Kier molecular flexibility index (Phi) is 4.84. The van der Waals surface area contributed by atoms with Crippen LogP contribution in [0.4, 0.5) is 13.2 Å². The average molecular weight is 302 g/mol. The van der Waals surface area contributed by atoms with Gasteiger partial charge in [0.25, 0.3) is 0 Å². The number of likely N-dealkylation sites (N-methyl/N-ethyl adjacent to an activating group) is 1. The first-order chi connectivity index (χ1) is 9.91. The fourth-order valence-electron chi connectivity index (χ4n) is 2.34. The summed E-state index contributed by atoms with van der Waals surface area (Å²) in [7, 11) is 1.50. The van der Waals surface area contributed by atoms with Crippen molar-refractivity contribution < 1.29 is 22.7 Å². The smallest absolute Gasteiger partial charge is 0.366 e. The van der Waals surface area contributed by atoms with Gasteiger partial charge >= 0.3 is 6.18 Å². The summed E-state index contributed by atoms with van der Waals surface area (Å²) in [6.45, 7) is 1.25. The van der Waals surface area contributed by atoms with Crippen LogP contribution in [0.25, 0.3) is 0 Å². The molecule has 1 amide bonds. The number of morpholine rings is 1. The number of benzene rings is 1. The van der Waals surface area contributed by atoms with Crippen LogP contribution in [-0.2, 0) is 22.3 Å². The van der Waals surface area contributed by atoms with Gasteiger partial charge in [0.1, 0.15) is 6.10 Å². The van der Waals surface area contributed by atoms with Crippen molar-refractivity contribution in [3.8, 4) is 0 Å². The molecule has 1 aromatic carbocycles. The molecule has 0 saturated carbocycles. The third-order valence-electron chi connectivity index (χ3n) is 3.41. The molecule has 1 aliphatic heterocycles. The topological polar surface area (TPSA) is 41.6 Å². The van der Waals surface area contributed by atoms with E-state index in [1.165, 1.54) is 19.2 Å². The second-order valence-electron chi connectivity index (χ2n) is 4.86. The lowest BCUT2D eigenvalue weighted by Crippen LogP contribution is -2.48. The highest BCUT2D eigenvalue weighted by molar-refractivity contribution is 5.80. The number of nitrogens with one attached hydrogen (secondary N) is 1. The Morgan fingerprint density at radius 1 is 1.43 bits per heavy atom. The molecule has 116 valence electrons. The number of rotatable bonds is 3. The van der Waals surface area contributed by atoms with E-state index in [9.17, 15) is 18.0 Å². The summed E-state index contributed by atoms with van der Waals surface area (Å²) >= 11 is 0. The fraction of sp³-hybridized carbons (Fsp3) is 0.500. The second kappa shape index (κ2) is 6.44. The SMILES string of the molecule is CNC(=O)C1CN(Cc2ccccc2C(F)(F)F)CCO1. The van der Waals surface area contributed by atoms with Crippen molar-refractivity contribution in [1.82, 2.24) is 10.2 Å². The van der Waals surface area contributed by atoms with Gasteiger partial charge in [-0.05, 0) is 11.6 Å². The number of amides is 1. The zero-order valence-corrected chi connectivity index (χ0v) is 11.6. The van der Waals surface area contributed by atoms with Gasteiger partial charge in [-0.25, -0.2) is 0 Å². The zero-order chi connectivity index (χ0) is 15.5. The number of hydrogen-bond donors (Lipinski definition) is 1. The number of halogens is 3. The Balaban J connectivity index is 2.10. The Labute approximate surface area is 120 Å². The molecule has 1 unspecified atom stereocenters. The van der Waals surface area contributed by atoms with Crippen LogP contribution in [0, 0.1) is 0 Å². The van der Waals surface area contributed by atoms with E-state index in [4.69, 9.17) is 4.74 Å². The summed E-state index contributed by atoms with van der Waals surface area (Å²) in [6, 6.07) is 5.50. The molecular weight excluding hydrogens is 285 g/mol. The summed E-state index contributed by atoms with van der Waals surface area (Å²) in [5.41, 5.74) is -0.421. The van der Waals surface area contributed by atoms with Crippen molar-refractivity contribution in [3.05, 3.63) is 35.4 Å². The van der Waals surface area contributed by atoms with Gasteiger partial charge in [0.2, 0.25) is 5.91 Å². The summed E-state index contributed by atoms with van der Waals surface area (Å²) in [5.74, 6) is -0.260. The Bertz CT molecular complexity index is 505. The maximum Gasteiger partial charge on any atom is 0.416 e. The van der Waals surface area contributed by atoms with Crippen molar-refractivity contribution in [2.75, 3.05) is 26.7 Å². The molecule has 21 heavy (non-hydrogen) atoms. The average Bonchev–Trinajstić information content (AvgIpc) is 2.46. The summed E-state index contributed by atoms with van der Waals surface area (Å²) < 4.78 is 44.2. The highest BCUT2D eigenvalue weighted by Gasteiger charge is 2.34. The molecule has 0 bridgehead atoms. The van der Waals surface area contributed by atoms with E-state index in [0.29, 0.717) is 13.2 Å². The molecule has 4 nitrogen and oxygen atoms in total. The molecule has 1 saturated heterocycles. The van der Waals surface area contributed by atoms with Crippen LogP contribution in [0.5, 0.6) is 0 Å². The van der Waals surface area contributed by atoms with E-state index < -0.39 is 17.8 Å². The van der Waals surface area contributed by atoms with Crippen LogP contribution in [-0.4, -0.2) is 43.7 Å². The van der Waals surface area contributed by atoms with Crippen molar-refractivity contribution in [2.24, 2.45) is 0 Å². The first-order valence-corrected chi connectivity index (χ1v) is 6.62. The van der Waals surface area contributed by atoms with Crippen LogP contribution >= 0.6 is 0 Å². The third-order valence-corrected chi connectivity index (χ3v) is 3.41. The summed E-state index contributed by atoms with van der Waals surface area (Å²) in [4.78, 5) is 13.3. The molecule has 1 aromatic rings. The van der Waals surface area contributed by atoms with Gasteiger partial charge in [0.15, 0.2) is 0 Å². The van der Waals surface area contributed by atoms with Crippen molar-refractivity contribution in [1.29, 1.82) is 0 Å². The number of carbonyl (C=O) groups excluding carboxylic acids is 1. The fourth-order valence-corrected chi connectivity index (χ4v) is 2.34. The minimum Gasteiger partial charge on any atom is -0.366 e. The number of ether oxygens (including phenoxy) is 1. The first-order valence-electron chi connectivity index (χ1n) is 6.62. The van der Waals surface area contributed by atoms with Crippen molar-refractivity contribution in [3.63, 3.8) is 0 Å². The number of carbonyl (C=O) groups is 1. The lowest BCUT2D eigenvalue weighted by molar-refractivity contribution is -0.141. The predicted octanol–water partition coefficient (Wildman–Crippen LogP) is 1.65. The van der Waals surface area contributed by atoms with Gasteiger partial charge in [-0.2, -0.15) is 13.2 Å². The molecule has 1 fully saturated rings. The van der Waals surface area contributed by atoms with Gasteiger partial charge < -0.3 is 10.1 Å². The maximum absolute atomic E-state index is 13.0. The largest absolute Gasteiger partial charge is 0.416 e. The van der Waals surface area contributed by atoms with E-state index in [2.05, 4.69) is 5.32 Å². The van der Waals surface area contributed by atoms with E-state index in [1.54, 1.807) is 11.0 Å². The van der Waals surface area contributed by atoms with Crippen LogP contribution in [0.2, 0.25) is 0 Å². The van der Waals surface area contributed by atoms with Crippen molar-refractivity contribution in [2.45, 2.75) is 18.8 Å². The molecular formula is C14H17F3N2O2. The maximum atomic E-state index is 13.0. The lowest BCUT2D eigenvalue weighted by atomic mass is 10.1. The monoisotopic (exact) mass is 302 g/mol. The molecule has 0 aliphatic carbocycles. The standard InChI is InChI=1S/C14H17F3N2O2/c1-18-13(20)12-9-19(6-7-21-12)8-10-4-2-3-5-11(10)14(15,16)17/h2-5,12H,6-9H2,1H3,(H,18,20). The van der Waals surface area contributed by atoms with Crippen molar-refractivity contribution >= 4 is 5.91 Å². The highest BCUT2D eigenvalue weighted by Crippen LogP contribution is 2.32. The molecule has 0 spiro atoms. The minimum absolute atomic E-state index is 0.145. The molecule has 0 aromatic heterocycles. The normalized spacial score (nSPS) is 20.3. The Morgan fingerprint density at radius 2 is 2.14 bits per heavy atom. The first kappa shape index (κ1) is 15.8. The Hall–Kier alpha value is -1.60. The Morgan fingerprint density at radius 3 is 2.81 bits per heavy atom. The van der Waals surface area contributed by atoms with Gasteiger partial charge in [0, 0.05) is 26.7 Å². The van der Waals surface area contributed by atoms with E-state index in [-0.39, 0.29) is 24.6 Å². The molecule has 1 aliphatic rings.